The van der Waals surface area contributed by atoms with E-state index in [1.807, 2.05) is 13.8 Å². The molecule has 20 heavy (non-hydrogen) atoms. The predicted molar refractivity (Wildman–Crippen MR) is 73.3 cm³/mol. The van der Waals surface area contributed by atoms with Crippen LogP contribution in [0.3, 0.4) is 0 Å². The second-order valence-electron chi connectivity index (χ2n) is 6.25. The summed E-state index contributed by atoms with van der Waals surface area (Å²) in [6, 6.07) is 0. The molecule has 1 saturated heterocycles. The van der Waals surface area contributed by atoms with Crippen molar-refractivity contribution in [2.45, 2.75) is 26.9 Å². The minimum atomic E-state index is -0.888. The Balaban J connectivity index is 1.80. The number of aliphatic carboxylic acids is 1. The van der Waals surface area contributed by atoms with Crippen LogP contribution >= 0.6 is 0 Å². The molecule has 2 N–H and O–H groups in total. The van der Waals surface area contributed by atoms with Crippen LogP contribution in [0.15, 0.2) is 0 Å². The van der Waals surface area contributed by atoms with E-state index in [4.69, 9.17) is 9.84 Å². The van der Waals surface area contributed by atoms with Gasteiger partial charge in [0.15, 0.2) is 0 Å². The highest BCUT2D eigenvalue weighted by Crippen LogP contribution is 2.58. The average molecular weight is 284 g/mol. The van der Waals surface area contributed by atoms with Crippen molar-refractivity contribution < 1.29 is 19.4 Å². The van der Waals surface area contributed by atoms with Crippen LogP contribution in [0.25, 0.3) is 0 Å². The summed E-state index contributed by atoms with van der Waals surface area (Å²) in [7, 11) is 0. The molecule has 6 nitrogen and oxygen atoms in total. The fourth-order valence-corrected chi connectivity index (χ4v) is 3.10. The summed E-state index contributed by atoms with van der Waals surface area (Å²) in [5.41, 5.74) is -0.446. The number of hydrogen-bond acceptors (Lipinski definition) is 4. The smallest absolute Gasteiger partial charge is 0.307 e. The Kier molecular flexibility index (Phi) is 4.34. The number of carboxylic acid groups (broad SMARTS) is 1. The molecule has 2 rings (SSSR count). The molecular weight excluding hydrogens is 260 g/mol. The molecule has 0 bridgehead atoms. The molecular formula is C14H24N2O4. The van der Waals surface area contributed by atoms with Crippen molar-refractivity contribution in [3.63, 3.8) is 0 Å². The molecule has 0 aromatic rings. The molecule has 1 amide bonds. The number of carbonyl (C=O) groups is 2. The van der Waals surface area contributed by atoms with Gasteiger partial charge in [0.2, 0.25) is 5.91 Å². The highest BCUT2D eigenvalue weighted by atomic mass is 16.5. The van der Waals surface area contributed by atoms with Crippen LogP contribution in [-0.2, 0) is 14.3 Å². The van der Waals surface area contributed by atoms with E-state index in [1.165, 1.54) is 0 Å². The van der Waals surface area contributed by atoms with Crippen LogP contribution in [0.1, 0.15) is 20.8 Å². The maximum absolute atomic E-state index is 12.1. The zero-order valence-corrected chi connectivity index (χ0v) is 12.4. The van der Waals surface area contributed by atoms with Crippen LogP contribution < -0.4 is 5.32 Å². The number of nitrogens with one attached hydrogen (secondary N) is 1. The first-order valence-corrected chi connectivity index (χ1v) is 7.22. The predicted octanol–water partition coefficient (Wildman–Crippen LogP) is 0.180. The monoisotopic (exact) mass is 284 g/mol. The summed E-state index contributed by atoms with van der Waals surface area (Å²) >= 11 is 0. The van der Waals surface area contributed by atoms with Gasteiger partial charge in [-0.25, -0.2) is 0 Å². The van der Waals surface area contributed by atoms with E-state index in [0.29, 0.717) is 13.2 Å². The lowest BCUT2D eigenvalue weighted by Gasteiger charge is -2.32. The third-order valence-corrected chi connectivity index (χ3v) is 4.55. The molecule has 2 aliphatic rings. The van der Waals surface area contributed by atoms with E-state index in [9.17, 15) is 9.59 Å². The van der Waals surface area contributed by atoms with E-state index in [1.54, 1.807) is 0 Å². The van der Waals surface area contributed by atoms with Gasteiger partial charge < -0.3 is 15.2 Å². The lowest BCUT2D eigenvalue weighted by Crippen LogP contribution is -2.47. The van der Waals surface area contributed by atoms with Crippen molar-refractivity contribution in [1.82, 2.24) is 10.2 Å². The number of ether oxygens (including phenoxy) is 1. The summed E-state index contributed by atoms with van der Waals surface area (Å²) in [5.74, 6) is -2.05. The summed E-state index contributed by atoms with van der Waals surface area (Å²) in [5, 5.41) is 11.9. The second-order valence-corrected chi connectivity index (χ2v) is 6.25. The lowest BCUT2D eigenvalue weighted by molar-refractivity contribution is -0.140. The first kappa shape index (κ1) is 15.3. The molecule has 0 radical (unpaired) electrons. The fourth-order valence-electron chi connectivity index (χ4n) is 3.10. The first-order chi connectivity index (χ1) is 9.37. The number of likely N-dealkylation sites (N-methyl/N-ethyl adjacent to an activating group) is 1. The second kappa shape index (κ2) is 5.69. The van der Waals surface area contributed by atoms with Crippen molar-refractivity contribution in [3.8, 4) is 0 Å². The van der Waals surface area contributed by atoms with Crippen molar-refractivity contribution in [3.05, 3.63) is 0 Å². The van der Waals surface area contributed by atoms with Crippen molar-refractivity contribution in [2.24, 2.45) is 17.3 Å². The summed E-state index contributed by atoms with van der Waals surface area (Å²) < 4.78 is 5.61. The van der Waals surface area contributed by atoms with Gasteiger partial charge in [-0.1, -0.05) is 20.8 Å². The van der Waals surface area contributed by atoms with Gasteiger partial charge in [-0.3, -0.25) is 14.5 Å². The van der Waals surface area contributed by atoms with Gasteiger partial charge in [0.1, 0.15) is 0 Å². The van der Waals surface area contributed by atoms with Gasteiger partial charge in [0, 0.05) is 19.6 Å². The number of rotatable bonds is 5. The van der Waals surface area contributed by atoms with E-state index in [2.05, 4.69) is 17.1 Å². The molecule has 1 heterocycles. The highest BCUT2D eigenvalue weighted by Gasteiger charge is 2.65. The Hall–Kier alpha value is -1.14. The summed E-state index contributed by atoms with van der Waals surface area (Å²) in [6.45, 7) is 9.60. The quantitative estimate of drug-likeness (QED) is 0.753. The van der Waals surface area contributed by atoms with E-state index in [0.717, 1.165) is 19.6 Å². The number of morpholine rings is 1. The Morgan fingerprint density at radius 2 is 2.10 bits per heavy atom. The largest absolute Gasteiger partial charge is 0.481 e. The zero-order chi connectivity index (χ0) is 14.9. The Morgan fingerprint density at radius 3 is 2.65 bits per heavy atom. The normalized spacial score (nSPS) is 32.6. The van der Waals surface area contributed by atoms with Crippen molar-refractivity contribution in [2.75, 3.05) is 32.8 Å². The standard InChI is InChI=1S/C14H24N2O4/c1-4-16-5-6-20-9(8-16)7-15-12(17)10-11(13(18)19)14(10,2)3/h9-11H,4-8H2,1-3H3,(H,15,17)(H,18,19)/t9?,10-,11+/m1/s1. The number of nitrogens with zero attached hydrogens (tertiary/aromatic N) is 1. The number of carbonyl (C=O) groups excluding carboxylic acids is 1. The highest BCUT2D eigenvalue weighted by molar-refractivity contribution is 5.91. The van der Waals surface area contributed by atoms with Gasteiger partial charge in [-0.15, -0.1) is 0 Å². The summed E-state index contributed by atoms with van der Waals surface area (Å²) in [6.07, 6.45) is -0.00205. The number of carboxylic acids is 1. The molecule has 2 fully saturated rings. The number of hydrogen-bond donors (Lipinski definition) is 2. The Labute approximate surface area is 119 Å². The maximum atomic E-state index is 12.1. The zero-order valence-electron chi connectivity index (χ0n) is 12.4. The minimum Gasteiger partial charge on any atom is -0.481 e. The number of amides is 1. The van der Waals surface area contributed by atoms with E-state index < -0.39 is 23.2 Å². The van der Waals surface area contributed by atoms with Crippen LogP contribution in [0.4, 0.5) is 0 Å². The third kappa shape index (κ3) is 2.96. The molecule has 0 spiro atoms. The molecule has 1 aliphatic heterocycles. The third-order valence-electron chi connectivity index (χ3n) is 4.55. The average Bonchev–Trinajstić information content (AvgIpc) is 2.99. The first-order valence-electron chi connectivity index (χ1n) is 7.22. The Bertz CT molecular complexity index is 397. The van der Waals surface area contributed by atoms with Crippen LogP contribution in [-0.4, -0.2) is 60.8 Å². The van der Waals surface area contributed by atoms with Gasteiger partial charge >= 0.3 is 5.97 Å². The molecule has 1 unspecified atom stereocenters. The van der Waals surface area contributed by atoms with Gasteiger partial charge in [0.05, 0.1) is 24.5 Å². The molecule has 6 heteroatoms. The van der Waals surface area contributed by atoms with Crippen LogP contribution in [0.2, 0.25) is 0 Å². The molecule has 3 atom stereocenters. The van der Waals surface area contributed by atoms with Gasteiger partial charge in [-0.2, -0.15) is 0 Å². The Morgan fingerprint density at radius 1 is 1.40 bits per heavy atom. The molecule has 114 valence electrons. The van der Waals surface area contributed by atoms with Gasteiger partial charge in [0.25, 0.3) is 0 Å². The maximum Gasteiger partial charge on any atom is 0.307 e. The molecule has 0 aromatic heterocycles. The topological polar surface area (TPSA) is 78.9 Å². The summed E-state index contributed by atoms with van der Waals surface area (Å²) in [4.78, 5) is 25.4. The van der Waals surface area contributed by atoms with Crippen LogP contribution in [0, 0.1) is 17.3 Å². The lowest BCUT2D eigenvalue weighted by atomic mass is 10.1. The molecule has 0 aromatic carbocycles. The minimum absolute atomic E-state index is 0.00205. The van der Waals surface area contributed by atoms with Crippen molar-refractivity contribution in [1.29, 1.82) is 0 Å². The van der Waals surface area contributed by atoms with E-state index in [-0.39, 0.29) is 12.0 Å². The molecule has 1 aliphatic carbocycles. The molecule has 1 saturated carbocycles. The SMILES string of the molecule is CCN1CCOC(CNC(=O)[C@H]2[C@@H](C(=O)O)C2(C)C)C1. The van der Waals surface area contributed by atoms with E-state index >= 15 is 0 Å². The fraction of sp³-hybridized carbons (Fsp3) is 0.857. The van der Waals surface area contributed by atoms with Gasteiger partial charge in [-0.05, 0) is 12.0 Å². The van der Waals surface area contributed by atoms with Crippen molar-refractivity contribution >= 4 is 11.9 Å². The van der Waals surface area contributed by atoms with Crippen LogP contribution in [0.5, 0.6) is 0 Å².